The van der Waals surface area contributed by atoms with Crippen LogP contribution in [0, 0.1) is 5.92 Å². The summed E-state index contributed by atoms with van der Waals surface area (Å²) in [6.45, 7) is 12.0. The summed E-state index contributed by atoms with van der Waals surface area (Å²) in [5.74, 6) is 0.703. The van der Waals surface area contributed by atoms with Crippen molar-refractivity contribution in [2.45, 2.75) is 46.0 Å². The average Bonchev–Trinajstić information content (AvgIpc) is 2.03. The van der Waals surface area contributed by atoms with Gasteiger partial charge in [0.1, 0.15) is 0 Å². The van der Waals surface area contributed by atoms with Gasteiger partial charge in [-0.15, -0.1) is 6.58 Å². The van der Waals surface area contributed by atoms with Crippen LogP contribution in [0.1, 0.15) is 46.0 Å². The van der Waals surface area contributed by atoms with E-state index in [1.165, 1.54) is 37.7 Å². The lowest BCUT2D eigenvalue weighted by molar-refractivity contribution is 0.548. The molecule has 0 radical (unpaired) electrons. The maximum atomic E-state index is 3.95. The van der Waals surface area contributed by atoms with Gasteiger partial charge < -0.3 is 0 Å². The predicted octanol–water partition coefficient (Wildman–Crippen LogP) is 4.34. The Kier molecular flexibility index (Phi) is 6.84. The van der Waals surface area contributed by atoms with Crippen molar-refractivity contribution in [3.8, 4) is 0 Å². The number of hydrogen-bond donors (Lipinski definition) is 0. The summed E-state index contributed by atoms with van der Waals surface area (Å²) < 4.78 is 0. The summed E-state index contributed by atoms with van der Waals surface area (Å²) in [6.07, 6.45) is 8.44. The van der Waals surface area contributed by atoms with Gasteiger partial charge in [-0.1, -0.05) is 38.0 Å². The molecule has 0 spiro atoms. The van der Waals surface area contributed by atoms with Gasteiger partial charge in [-0.3, -0.25) is 0 Å². The van der Waals surface area contributed by atoms with E-state index in [2.05, 4.69) is 27.0 Å². The van der Waals surface area contributed by atoms with Crippen LogP contribution in [0.4, 0.5) is 0 Å². The molecule has 1 unspecified atom stereocenters. The first-order valence-electron chi connectivity index (χ1n) is 4.94. The molecular formula is C12H22. The zero-order valence-corrected chi connectivity index (χ0v) is 8.60. The van der Waals surface area contributed by atoms with E-state index in [0.717, 1.165) is 0 Å². The van der Waals surface area contributed by atoms with Crippen molar-refractivity contribution in [3.63, 3.8) is 0 Å². The van der Waals surface area contributed by atoms with Gasteiger partial charge in [0.15, 0.2) is 0 Å². The number of hydrogen-bond acceptors (Lipinski definition) is 0. The minimum Gasteiger partial charge on any atom is -0.103 e. The minimum atomic E-state index is 0.703. The van der Waals surface area contributed by atoms with E-state index in [1.54, 1.807) is 0 Å². The molecule has 12 heavy (non-hydrogen) atoms. The Bertz CT molecular complexity index is 133. The predicted molar refractivity (Wildman–Crippen MR) is 57.3 cm³/mol. The highest BCUT2D eigenvalue weighted by molar-refractivity contribution is 4.93. The molecule has 0 heterocycles. The number of unbranched alkanes of at least 4 members (excludes halogenated alkanes) is 3. The molecule has 1 atom stereocenters. The maximum absolute atomic E-state index is 3.95. The summed E-state index contributed by atoms with van der Waals surface area (Å²) in [4.78, 5) is 0. The highest BCUT2D eigenvalue weighted by Gasteiger charge is 2.00. The van der Waals surface area contributed by atoms with Crippen molar-refractivity contribution in [3.05, 3.63) is 24.8 Å². The van der Waals surface area contributed by atoms with Crippen LogP contribution in [0.15, 0.2) is 24.8 Å². The van der Waals surface area contributed by atoms with Crippen molar-refractivity contribution < 1.29 is 0 Å². The van der Waals surface area contributed by atoms with E-state index >= 15 is 0 Å². The molecule has 0 saturated carbocycles. The fraction of sp³-hybridized carbons (Fsp3) is 0.667. The van der Waals surface area contributed by atoms with Crippen molar-refractivity contribution >= 4 is 0 Å². The van der Waals surface area contributed by atoms with E-state index in [4.69, 9.17) is 0 Å². The Labute approximate surface area is 77.4 Å². The summed E-state index contributed by atoms with van der Waals surface area (Å²) in [7, 11) is 0. The topological polar surface area (TPSA) is 0 Å². The zero-order chi connectivity index (χ0) is 9.40. The molecule has 0 aromatic heterocycles. The highest BCUT2D eigenvalue weighted by atomic mass is 14.1. The molecule has 70 valence electrons. The lowest BCUT2D eigenvalue weighted by atomic mass is 9.97. The fourth-order valence-corrected chi connectivity index (χ4v) is 1.16. The van der Waals surface area contributed by atoms with E-state index in [0.29, 0.717) is 5.92 Å². The van der Waals surface area contributed by atoms with Gasteiger partial charge in [0, 0.05) is 0 Å². The third-order valence-corrected chi connectivity index (χ3v) is 2.39. The summed E-state index contributed by atoms with van der Waals surface area (Å²) in [5, 5.41) is 0. The molecule has 0 amide bonds. The molecule has 0 rings (SSSR count). The van der Waals surface area contributed by atoms with Gasteiger partial charge in [-0.2, -0.15) is 0 Å². The summed E-state index contributed by atoms with van der Waals surface area (Å²) in [6, 6.07) is 0. The van der Waals surface area contributed by atoms with Crippen molar-refractivity contribution in [2.75, 3.05) is 0 Å². The van der Waals surface area contributed by atoms with Gasteiger partial charge >= 0.3 is 0 Å². The molecule has 0 nitrogen and oxygen atoms in total. The molecule has 0 aliphatic carbocycles. The van der Waals surface area contributed by atoms with Gasteiger partial charge in [-0.25, -0.2) is 0 Å². The first-order chi connectivity index (χ1) is 5.68. The molecule has 0 aromatic carbocycles. The Balaban J connectivity index is 3.19. The molecule has 0 aliphatic rings. The summed E-state index contributed by atoms with van der Waals surface area (Å²) in [5.41, 5.74) is 1.32. The van der Waals surface area contributed by atoms with Crippen LogP contribution in [-0.2, 0) is 0 Å². The Morgan fingerprint density at radius 1 is 1.33 bits per heavy atom. The second-order valence-corrected chi connectivity index (χ2v) is 3.67. The smallest absolute Gasteiger partial charge is 0.0237 e. The monoisotopic (exact) mass is 166 g/mol. The quantitative estimate of drug-likeness (QED) is 0.390. The maximum Gasteiger partial charge on any atom is -0.0237 e. The van der Waals surface area contributed by atoms with Crippen LogP contribution in [0.2, 0.25) is 0 Å². The molecule has 0 aromatic rings. The normalized spacial score (nSPS) is 12.5. The third-order valence-electron chi connectivity index (χ3n) is 2.39. The van der Waals surface area contributed by atoms with Crippen LogP contribution >= 0.6 is 0 Å². The second-order valence-electron chi connectivity index (χ2n) is 3.67. The first kappa shape index (κ1) is 11.5. The zero-order valence-electron chi connectivity index (χ0n) is 8.60. The SMILES string of the molecule is C=CCCCCCC(C)C(=C)C. The Hall–Kier alpha value is -0.520. The van der Waals surface area contributed by atoms with Crippen LogP contribution in [0.5, 0.6) is 0 Å². The molecule has 0 aliphatic heterocycles. The minimum absolute atomic E-state index is 0.703. The van der Waals surface area contributed by atoms with Crippen LogP contribution < -0.4 is 0 Å². The Morgan fingerprint density at radius 3 is 2.50 bits per heavy atom. The lowest BCUT2D eigenvalue weighted by Crippen LogP contribution is -1.94. The van der Waals surface area contributed by atoms with E-state index in [9.17, 15) is 0 Å². The largest absolute Gasteiger partial charge is 0.103 e. The second kappa shape index (κ2) is 7.15. The molecule has 0 saturated heterocycles. The molecule has 0 fully saturated rings. The van der Waals surface area contributed by atoms with Crippen LogP contribution in [0.25, 0.3) is 0 Å². The van der Waals surface area contributed by atoms with E-state index in [1.807, 2.05) is 6.08 Å². The molecule has 0 heteroatoms. The number of allylic oxidation sites excluding steroid dienone is 2. The summed E-state index contributed by atoms with van der Waals surface area (Å²) >= 11 is 0. The standard InChI is InChI=1S/C12H22/c1-5-6-7-8-9-10-12(4)11(2)3/h5,12H,1-2,6-10H2,3-4H3. The van der Waals surface area contributed by atoms with Crippen LogP contribution in [-0.4, -0.2) is 0 Å². The van der Waals surface area contributed by atoms with Crippen molar-refractivity contribution in [1.82, 2.24) is 0 Å². The third kappa shape index (κ3) is 6.21. The van der Waals surface area contributed by atoms with Crippen molar-refractivity contribution in [1.29, 1.82) is 0 Å². The van der Waals surface area contributed by atoms with E-state index in [-0.39, 0.29) is 0 Å². The average molecular weight is 166 g/mol. The molecular weight excluding hydrogens is 144 g/mol. The Morgan fingerprint density at radius 2 is 2.00 bits per heavy atom. The lowest BCUT2D eigenvalue weighted by Gasteiger charge is -2.09. The molecule has 0 N–H and O–H groups in total. The van der Waals surface area contributed by atoms with E-state index < -0.39 is 0 Å². The van der Waals surface area contributed by atoms with Gasteiger partial charge in [-0.05, 0) is 32.1 Å². The highest BCUT2D eigenvalue weighted by Crippen LogP contribution is 2.16. The fourth-order valence-electron chi connectivity index (χ4n) is 1.16. The van der Waals surface area contributed by atoms with Gasteiger partial charge in [0.25, 0.3) is 0 Å². The first-order valence-corrected chi connectivity index (χ1v) is 4.94. The number of rotatable bonds is 7. The van der Waals surface area contributed by atoms with Crippen molar-refractivity contribution in [2.24, 2.45) is 5.92 Å². The van der Waals surface area contributed by atoms with Gasteiger partial charge in [0.2, 0.25) is 0 Å². The van der Waals surface area contributed by atoms with Crippen LogP contribution in [0.3, 0.4) is 0 Å². The van der Waals surface area contributed by atoms with Gasteiger partial charge in [0.05, 0.1) is 0 Å². The molecule has 0 bridgehead atoms.